The second kappa shape index (κ2) is 8.22. The van der Waals surface area contributed by atoms with E-state index < -0.39 is 16.6 Å². The molecule has 0 atom stereocenters. The molecule has 0 saturated heterocycles. The Hall–Kier alpha value is -2.20. The number of carbonyl (C=O) groups is 1. The van der Waals surface area contributed by atoms with Gasteiger partial charge in [-0.1, -0.05) is 35.0 Å². The summed E-state index contributed by atoms with van der Waals surface area (Å²) < 4.78 is 13.2. The molecular weight excluding hydrogens is 436 g/mol. The SMILES string of the molecule is O=C(Nc1ccc(F)cc1)c1cc([N+](=O)[O-])c(Sc2c(Cl)cncc2Cl)s1. The first-order chi connectivity index (χ1) is 12.8. The van der Waals surface area contributed by atoms with Gasteiger partial charge < -0.3 is 5.32 Å². The summed E-state index contributed by atoms with van der Waals surface area (Å²) >= 11 is 14.0. The van der Waals surface area contributed by atoms with E-state index in [2.05, 4.69) is 10.3 Å². The molecule has 0 aliphatic heterocycles. The molecule has 1 N–H and O–H groups in total. The van der Waals surface area contributed by atoms with Gasteiger partial charge in [0.25, 0.3) is 11.6 Å². The Morgan fingerprint density at radius 3 is 2.44 bits per heavy atom. The van der Waals surface area contributed by atoms with Crippen LogP contribution in [0.5, 0.6) is 0 Å². The molecule has 138 valence electrons. The Morgan fingerprint density at radius 2 is 1.85 bits per heavy atom. The van der Waals surface area contributed by atoms with E-state index in [0.29, 0.717) is 10.6 Å². The van der Waals surface area contributed by atoms with Crippen molar-refractivity contribution in [2.24, 2.45) is 0 Å². The van der Waals surface area contributed by atoms with Gasteiger partial charge in [0.05, 0.1) is 19.9 Å². The monoisotopic (exact) mass is 443 g/mol. The minimum atomic E-state index is -0.587. The molecule has 0 aliphatic carbocycles. The lowest BCUT2D eigenvalue weighted by Gasteiger charge is -2.04. The lowest BCUT2D eigenvalue weighted by atomic mass is 10.3. The number of nitrogens with zero attached hydrogens (tertiary/aromatic N) is 2. The summed E-state index contributed by atoms with van der Waals surface area (Å²) in [5.41, 5.74) is 0.130. The molecule has 2 heterocycles. The fraction of sp³-hybridized carbons (Fsp3) is 0. The third-order valence-corrected chi connectivity index (χ3v) is 6.46. The molecule has 2 aromatic heterocycles. The van der Waals surface area contributed by atoms with E-state index in [0.717, 1.165) is 23.1 Å². The van der Waals surface area contributed by atoms with Gasteiger partial charge in [-0.3, -0.25) is 19.9 Å². The molecule has 11 heteroatoms. The summed E-state index contributed by atoms with van der Waals surface area (Å²) in [5, 5.41) is 14.4. The first kappa shape index (κ1) is 19.6. The highest BCUT2D eigenvalue weighted by Crippen LogP contribution is 2.45. The molecule has 27 heavy (non-hydrogen) atoms. The zero-order chi connectivity index (χ0) is 19.6. The number of anilines is 1. The third-order valence-electron chi connectivity index (χ3n) is 3.21. The summed E-state index contributed by atoms with van der Waals surface area (Å²) in [4.78, 5) is 27.5. The van der Waals surface area contributed by atoms with Crippen LogP contribution in [0.2, 0.25) is 10.0 Å². The first-order valence-corrected chi connectivity index (χ1v) is 9.56. The molecule has 3 rings (SSSR count). The van der Waals surface area contributed by atoms with Crippen molar-refractivity contribution in [1.82, 2.24) is 4.98 Å². The van der Waals surface area contributed by atoms with Crippen molar-refractivity contribution in [2.75, 3.05) is 5.32 Å². The smallest absolute Gasteiger partial charge is 0.294 e. The number of nitrogens with one attached hydrogen (secondary N) is 1. The van der Waals surface area contributed by atoms with Crippen molar-refractivity contribution in [2.45, 2.75) is 9.10 Å². The van der Waals surface area contributed by atoms with Gasteiger partial charge in [0, 0.05) is 24.1 Å². The number of carbonyl (C=O) groups excluding carboxylic acids is 1. The fourth-order valence-corrected chi connectivity index (χ4v) is 4.75. The van der Waals surface area contributed by atoms with Crippen LogP contribution in [-0.2, 0) is 0 Å². The molecule has 0 radical (unpaired) electrons. The molecule has 6 nitrogen and oxygen atoms in total. The molecular formula is C16H8Cl2FN3O3S2. The van der Waals surface area contributed by atoms with Crippen LogP contribution in [0.25, 0.3) is 0 Å². The molecule has 1 amide bonds. The predicted molar refractivity (Wildman–Crippen MR) is 104 cm³/mol. The minimum absolute atomic E-state index is 0.120. The van der Waals surface area contributed by atoms with Gasteiger partial charge >= 0.3 is 0 Å². The van der Waals surface area contributed by atoms with Crippen LogP contribution in [0.1, 0.15) is 9.67 Å². The van der Waals surface area contributed by atoms with Gasteiger partial charge in [0.15, 0.2) is 0 Å². The lowest BCUT2D eigenvalue weighted by Crippen LogP contribution is -2.09. The molecule has 0 spiro atoms. The Balaban J connectivity index is 1.90. The molecule has 0 saturated carbocycles. The molecule has 3 aromatic rings. The van der Waals surface area contributed by atoms with E-state index in [1.165, 1.54) is 42.7 Å². The van der Waals surface area contributed by atoms with Crippen LogP contribution in [-0.4, -0.2) is 15.8 Å². The number of amides is 1. The number of pyridine rings is 1. The topological polar surface area (TPSA) is 85.1 Å². The molecule has 0 bridgehead atoms. The molecule has 0 aliphatic rings. The molecule has 0 fully saturated rings. The molecule has 0 unspecified atom stereocenters. The Labute approximate surface area is 170 Å². The third kappa shape index (κ3) is 4.56. The van der Waals surface area contributed by atoms with Crippen molar-refractivity contribution in [3.8, 4) is 0 Å². The zero-order valence-corrected chi connectivity index (χ0v) is 16.3. The van der Waals surface area contributed by atoms with Gasteiger partial charge in [0.2, 0.25) is 0 Å². The minimum Gasteiger partial charge on any atom is -0.321 e. The van der Waals surface area contributed by atoms with Crippen LogP contribution in [0.4, 0.5) is 15.8 Å². The van der Waals surface area contributed by atoms with Gasteiger partial charge in [-0.05, 0) is 24.3 Å². The number of thiophene rings is 1. The van der Waals surface area contributed by atoms with Gasteiger partial charge in [-0.2, -0.15) is 0 Å². The number of rotatable bonds is 5. The Bertz CT molecular complexity index is 1010. The van der Waals surface area contributed by atoms with Crippen LogP contribution in [0.15, 0.2) is 51.8 Å². The summed E-state index contributed by atoms with van der Waals surface area (Å²) in [5.74, 6) is -0.988. The van der Waals surface area contributed by atoms with E-state index in [-0.39, 0.29) is 24.8 Å². The highest BCUT2D eigenvalue weighted by atomic mass is 35.5. The zero-order valence-electron chi connectivity index (χ0n) is 13.1. The van der Waals surface area contributed by atoms with Crippen LogP contribution < -0.4 is 5.32 Å². The second-order valence-electron chi connectivity index (χ2n) is 5.04. The van der Waals surface area contributed by atoms with E-state index in [4.69, 9.17) is 23.2 Å². The maximum Gasteiger partial charge on any atom is 0.294 e. The second-order valence-corrected chi connectivity index (χ2v) is 8.18. The molecule has 1 aromatic carbocycles. The van der Waals surface area contributed by atoms with Crippen LogP contribution in [0.3, 0.4) is 0 Å². The largest absolute Gasteiger partial charge is 0.321 e. The number of halogens is 3. The summed E-state index contributed by atoms with van der Waals surface area (Å²) in [6, 6.07) is 6.35. The van der Waals surface area contributed by atoms with Crippen LogP contribution >= 0.6 is 46.3 Å². The van der Waals surface area contributed by atoms with E-state index in [1.807, 2.05) is 0 Å². The highest BCUT2D eigenvalue weighted by Gasteiger charge is 2.25. The average Bonchev–Trinajstić information content (AvgIpc) is 3.05. The summed E-state index contributed by atoms with van der Waals surface area (Å²) in [6.45, 7) is 0. The van der Waals surface area contributed by atoms with Crippen molar-refractivity contribution in [1.29, 1.82) is 0 Å². The van der Waals surface area contributed by atoms with Crippen molar-refractivity contribution in [3.05, 3.63) is 73.6 Å². The van der Waals surface area contributed by atoms with Gasteiger partial charge in [0.1, 0.15) is 14.9 Å². The fourth-order valence-electron chi connectivity index (χ4n) is 1.99. The summed E-state index contributed by atoms with van der Waals surface area (Å²) in [6.07, 6.45) is 2.74. The van der Waals surface area contributed by atoms with E-state index >= 15 is 0 Å². The number of nitro groups is 1. The maximum absolute atomic E-state index is 12.9. The summed E-state index contributed by atoms with van der Waals surface area (Å²) in [7, 11) is 0. The number of benzene rings is 1. The van der Waals surface area contributed by atoms with E-state index in [9.17, 15) is 19.3 Å². The lowest BCUT2D eigenvalue weighted by molar-refractivity contribution is -0.387. The maximum atomic E-state index is 12.9. The quantitative estimate of drug-likeness (QED) is 0.391. The standard InChI is InChI=1S/C16H8Cl2FN3O3S2/c17-10-6-20-7-11(18)14(10)27-16-12(22(24)25)5-13(26-16)15(23)21-9-3-1-8(19)2-4-9/h1-7H,(H,21,23). The predicted octanol–water partition coefficient (Wildman–Crippen LogP) is 5.90. The Kier molecular flexibility index (Phi) is 5.95. The van der Waals surface area contributed by atoms with E-state index in [1.54, 1.807) is 0 Å². The average molecular weight is 444 g/mol. The number of aromatic nitrogens is 1. The highest BCUT2D eigenvalue weighted by molar-refractivity contribution is 8.01. The normalized spacial score (nSPS) is 10.6. The first-order valence-electron chi connectivity index (χ1n) is 7.17. The van der Waals surface area contributed by atoms with Gasteiger partial charge in [-0.25, -0.2) is 4.39 Å². The van der Waals surface area contributed by atoms with Gasteiger partial charge in [-0.15, -0.1) is 11.3 Å². The van der Waals surface area contributed by atoms with Crippen molar-refractivity contribution >= 4 is 63.6 Å². The number of hydrogen-bond donors (Lipinski definition) is 1. The Morgan fingerprint density at radius 1 is 1.22 bits per heavy atom. The van der Waals surface area contributed by atoms with Crippen molar-refractivity contribution < 1.29 is 14.1 Å². The van der Waals surface area contributed by atoms with Crippen molar-refractivity contribution in [3.63, 3.8) is 0 Å². The number of hydrogen-bond acceptors (Lipinski definition) is 6. The van der Waals surface area contributed by atoms with Crippen LogP contribution in [0, 0.1) is 15.9 Å².